The average Bonchev–Trinajstić information content (AvgIpc) is 3.06. The summed E-state index contributed by atoms with van der Waals surface area (Å²) in [7, 11) is 1.53. The Morgan fingerprint density at radius 2 is 1.85 bits per heavy atom. The molecular formula is C19H17Cl2N3OS. The second kappa shape index (κ2) is 8.08. The number of anilines is 1. The Kier molecular flexibility index (Phi) is 5.81. The van der Waals surface area contributed by atoms with Crippen molar-refractivity contribution < 1.29 is 4.74 Å². The van der Waals surface area contributed by atoms with Gasteiger partial charge in [0, 0.05) is 10.9 Å². The van der Waals surface area contributed by atoms with Crippen LogP contribution in [0.5, 0.6) is 5.75 Å². The first-order valence-corrected chi connectivity index (χ1v) is 9.46. The van der Waals surface area contributed by atoms with Crippen LogP contribution in [-0.2, 0) is 0 Å². The van der Waals surface area contributed by atoms with Crippen molar-refractivity contribution in [3.63, 3.8) is 0 Å². The highest BCUT2D eigenvalue weighted by Crippen LogP contribution is 2.33. The maximum atomic E-state index is 6.12. The Hall–Kier alpha value is -2.08. The number of ether oxygens (including phenoxy) is 1. The predicted octanol–water partition coefficient (Wildman–Crippen LogP) is 6.19. The van der Waals surface area contributed by atoms with Gasteiger partial charge in [0.2, 0.25) is 5.13 Å². The summed E-state index contributed by atoms with van der Waals surface area (Å²) in [6.07, 6.45) is 1.63. The zero-order valence-electron chi connectivity index (χ0n) is 14.5. The molecule has 0 saturated carbocycles. The summed E-state index contributed by atoms with van der Waals surface area (Å²) in [5.41, 5.74) is 8.23. The predicted molar refractivity (Wildman–Crippen MR) is 111 cm³/mol. The molecule has 0 spiro atoms. The van der Waals surface area contributed by atoms with Crippen molar-refractivity contribution in [1.82, 2.24) is 4.98 Å². The third-order valence-corrected chi connectivity index (χ3v) is 5.21. The minimum atomic E-state index is 0.438. The first kappa shape index (κ1) is 18.7. The standard InChI is InChI=1S/C19H17Cl2N3OS/c1-11-4-5-14(6-12(11)2)17-10-26-19(23-17)24-22-9-13-7-15(20)18(25-3)16(21)8-13/h4-10H,1-3H3,(H,23,24)/b22-9-. The normalized spacial score (nSPS) is 11.1. The Morgan fingerprint density at radius 1 is 1.12 bits per heavy atom. The molecular weight excluding hydrogens is 389 g/mol. The van der Waals surface area contributed by atoms with E-state index < -0.39 is 0 Å². The van der Waals surface area contributed by atoms with Crippen LogP contribution in [0.15, 0.2) is 40.8 Å². The number of hydrogen-bond donors (Lipinski definition) is 1. The average molecular weight is 406 g/mol. The number of aryl methyl sites for hydroxylation is 2. The second-order valence-corrected chi connectivity index (χ2v) is 7.40. The second-order valence-electron chi connectivity index (χ2n) is 5.72. The highest BCUT2D eigenvalue weighted by molar-refractivity contribution is 7.14. The number of thiazole rings is 1. The minimum Gasteiger partial charge on any atom is -0.494 e. The van der Waals surface area contributed by atoms with Gasteiger partial charge < -0.3 is 4.74 Å². The van der Waals surface area contributed by atoms with Crippen LogP contribution in [0.25, 0.3) is 11.3 Å². The van der Waals surface area contributed by atoms with E-state index in [2.05, 4.69) is 47.6 Å². The molecule has 0 bridgehead atoms. The van der Waals surface area contributed by atoms with E-state index in [9.17, 15) is 0 Å². The third kappa shape index (κ3) is 4.18. The van der Waals surface area contributed by atoms with E-state index in [1.54, 1.807) is 18.3 Å². The smallest absolute Gasteiger partial charge is 0.203 e. The molecule has 26 heavy (non-hydrogen) atoms. The van der Waals surface area contributed by atoms with Crippen molar-refractivity contribution in [3.05, 3.63) is 62.4 Å². The van der Waals surface area contributed by atoms with Crippen molar-refractivity contribution in [2.24, 2.45) is 5.10 Å². The van der Waals surface area contributed by atoms with Gasteiger partial charge in [-0.05, 0) is 48.7 Å². The maximum Gasteiger partial charge on any atom is 0.203 e. The number of aromatic nitrogens is 1. The van der Waals surface area contributed by atoms with Crippen LogP contribution in [-0.4, -0.2) is 18.3 Å². The van der Waals surface area contributed by atoms with Crippen molar-refractivity contribution in [3.8, 4) is 17.0 Å². The van der Waals surface area contributed by atoms with Crippen LogP contribution in [0.4, 0.5) is 5.13 Å². The summed E-state index contributed by atoms with van der Waals surface area (Å²) in [6, 6.07) is 9.79. The van der Waals surface area contributed by atoms with Crippen molar-refractivity contribution >= 4 is 45.9 Å². The fourth-order valence-corrected chi connectivity index (χ4v) is 3.70. The Balaban J connectivity index is 1.72. The van der Waals surface area contributed by atoms with Crippen LogP contribution in [0.2, 0.25) is 10.0 Å². The molecule has 3 aromatic rings. The molecule has 1 heterocycles. The van der Waals surface area contributed by atoms with Crippen LogP contribution in [0.3, 0.4) is 0 Å². The van der Waals surface area contributed by atoms with Gasteiger partial charge in [0.05, 0.1) is 29.1 Å². The lowest BCUT2D eigenvalue weighted by molar-refractivity contribution is 0.415. The molecule has 0 radical (unpaired) electrons. The number of nitrogens with one attached hydrogen (secondary N) is 1. The number of hydrogen-bond acceptors (Lipinski definition) is 5. The number of benzene rings is 2. The molecule has 0 saturated heterocycles. The zero-order valence-corrected chi connectivity index (χ0v) is 16.8. The minimum absolute atomic E-state index is 0.438. The summed E-state index contributed by atoms with van der Waals surface area (Å²) in [6.45, 7) is 4.19. The van der Waals surface area contributed by atoms with Crippen LogP contribution < -0.4 is 10.2 Å². The summed E-state index contributed by atoms with van der Waals surface area (Å²) in [5.74, 6) is 0.455. The van der Waals surface area contributed by atoms with Gasteiger partial charge in [-0.25, -0.2) is 4.98 Å². The fourth-order valence-electron chi connectivity index (χ4n) is 2.37. The van der Waals surface area contributed by atoms with Gasteiger partial charge in [-0.3, -0.25) is 5.43 Å². The molecule has 4 nitrogen and oxygen atoms in total. The van der Waals surface area contributed by atoms with Gasteiger partial charge in [0.25, 0.3) is 0 Å². The summed E-state index contributed by atoms with van der Waals surface area (Å²) < 4.78 is 5.13. The lowest BCUT2D eigenvalue weighted by Crippen LogP contribution is -1.92. The number of halogens is 2. The van der Waals surface area contributed by atoms with Crippen LogP contribution in [0, 0.1) is 13.8 Å². The fraction of sp³-hybridized carbons (Fsp3) is 0.158. The SMILES string of the molecule is COc1c(Cl)cc(/C=N\Nc2nc(-c3ccc(C)c(C)c3)cs2)cc1Cl. The van der Waals surface area contributed by atoms with Gasteiger partial charge in [-0.1, -0.05) is 35.3 Å². The van der Waals surface area contributed by atoms with Gasteiger partial charge in [0.15, 0.2) is 5.75 Å². The topological polar surface area (TPSA) is 46.5 Å². The molecule has 3 rings (SSSR count). The van der Waals surface area contributed by atoms with E-state index in [1.807, 2.05) is 5.38 Å². The summed E-state index contributed by atoms with van der Waals surface area (Å²) >= 11 is 13.7. The molecule has 0 atom stereocenters. The van der Waals surface area contributed by atoms with E-state index in [-0.39, 0.29) is 0 Å². The number of rotatable bonds is 5. The zero-order chi connectivity index (χ0) is 18.7. The number of hydrazone groups is 1. The quantitative estimate of drug-likeness (QED) is 0.406. The van der Waals surface area contributed by atoms with Gasteiger partial charge in [-0.2, -0.15) is 5.10 Å². The van der Waals surface area contributed by atoms with E-state index in [4.69, 9.17) is 27.9 Å². The molecule has 0 aliphatic rings. The van der Waals surface area contributed by atoms with Gasteiger partial charge in [-0.15, -0.1) is 11.3 Å². The molecule has 0 unspecified atom stereocenters. The first-order valence-electron chi connectivity index (χ1n) is 7.83. The Morgan fingerprint density at radius 3 is 2.50 bits per heavy atom. The lowest BCUT2D eigenvalue weighted by atomic mass is 10.1. The molecule has 2 aromatic carbocycles. The van der Waals surface area contributed by atoms with Crippen LogP contribution >= 0.6 is 34.5 Å². The van der Waals surface area contributed by atoms with E-state index >= 15 is 0 Å². The molecule has 7 heteroatoms. The van der Waals surface area contributed by atoms with Gasteiger partial charge in [0.1, 0.15) is 0 Å². The first-order chi connectivity index (χ1) is 12.5. The highest BCUT2D eigenvalue weighted by atomic mass is 35.5. The van der Waals surface area contributed by atoms with E-state index in [0.29, 0.717) is 20.9 Å². The van der Waals surface area contributed by atoms with Crippen molar-refractivity contribution in [2.45, 2.75) is 13.8 Å². The molecule has 0 aliphatic carbocycles. The summed E-state index contributed by atoms with van der Waals surface area (Å²) in [4.78, 5) is 4.57. The molecule has 0 fully saturated rings. The lowest BCUT2D eigenvalue weighted by Gasteiger charge is -2.06. The largest absolute Gasteiger partial charge is 0.494 e. The molecule has 0 amide bonds. The Bertz CT molecular complexity index is 946. The highest BCUT2D eigenvalue weighted by Gasteiger charge is 2.08. The van der Waals surface area contributed by atoms with E-state index in [1.165, 1.54) is 29.6 Å². The maximum absolute atomic E-state index is 6.12. The molecule has 1 aromatic heterocycles. The van der Waals surface area contributed by atoms with Crippen LogP contribution in [0.1, 0.15) is 16.7 Å². The molecule has 1 N–H and O–H groups in total. The summed E-state index contributed by atoms with van der Waals surface area (Å²) in [5, 5.41) is 7.79. The van der Waals surface area contributed by atoms with Crippen molar-refractivity contribution in [2.75, 3.05) is 12.5 Å². The number of nitrogens with zero attached hydrogens (tertiary/aromatic N) is 2. The number of methoxy groups -OCH3 is 1. The molecule has 134 valence electrons. The van der Waals surface area contributed by atoms with Crippen molar-refractivity contribution in [1.29, 1.82) is 0 Å². The third-order valence-electron chi connectivity index (χ3n) is 3.91. The molecule has 0 aliphatic heterocycles. The monoisotopic (exact) mass is 405 g/mol. The van der Waals surface area contributed by atoms with E-state index in [0.717, 1.165) is 16.8 Å². The van der Waals surface area contributed by atoms with Gasteiger partial charge >= 0.3 is 0 Å². The Labute approximate surface area is 166 Å².